The first-order valence-electron chi connectivity index (χ1n) is 8.83. The molecule has 0 fully saturated rings. The quantitative estimate of drug-likeness (QED) is 0.642. The summed E-state index contributed by atoms with van der Waals surface area (Å²) in [4.78, 5) is 24.6. The molecule has 5 nitrogen and oxygen atoms in total. The maximum Gasteiger partial charge on any atom is 0.242 e. The van der Waals surface area contributed by atoms with Crippen molar-refractivity contribution in [2.24, 2.45) is 0 Å². The van der Waals surface area contributed by atoms with Crippen molar-refractivity contribution in [3.63, 3.8) is 0 Å². The average Bonchev–Trinajstić information content (AvgIpc) is 3.19. The van der Waals surface area contributed by atoms with Crippen LogP contribution >= 0.6 is 23.1 Å². The number of nitrogens with one attached hydrogen (secondary N) is 1. The van der Waals surface area contributed by atoms with Gasteiger partial charge in [0.15, 0.2) is 0 Å². The number of rotatable bonds is 6. The maximum absolute atomic E-state index is 12.5. The monoisotopic (exact) mass is 396 g/mol. The molecule has 0 spiro atoms. The van der Waals surface area contributed by atoms with Gasteiger partial charge in [-0.25, -0.2) is 4.98 Å². The Morgan fingerprint density at radius 1 is 1.22 bits per heavy atom. The SMILES string of the molecule is O=C(CNc1cncc(SCc2ccccc2)n1)N1CCc2sccc2C1. The number of thioether (sulfide) groups is 1. The minimum Gasteiger partial charge on any atom is -0.360 e. The summed E-state index contributed by atoms with van der Waals surface area (Å²) in [5.41, 5.74) is 2.52. The van der Waals surface area contributed by atoms with Crippen molar-refractivity contribution < 1.29 is 4.79 Å². The highest BCUT2D eigenvalue weighted by Crippen LogP contribution is 2.24. The molecule has 0 saturated heterocycles. The molecule has 27 heavy (non-hydrogen) atoms. The molecule has 0 aliphatic carbocycles. The number of hydrogen-bond donors (Lipinski definition) is 1. The number of carbonyl (C=O) groups is 1. The lowest BCUT2D eigenvalue weighted by Crippen LogP contribution is -2.38. The van der Waals surface area contributed by atoms with Crippen LogP contribution in [-0.2, 0) is 23.5 Å². The molecule has 1 aromatic carbocycles. The van der Waals surface area contributed by atoms with Crippen LogP contribution in [0.4, 0.5) is 5.82 Å². The van der Waals surface area contributed by atoms with E-state index in [0.717, 1.165) is 23.7 Å². The van der Waals surface area contributed by atoms with E-state index in [0.29, 0.717) is 12.4 Å². The second-order valence-corrected chi connectivity index (χ2v) is 8.30. The molecule has 4 rings (SSSR count). The predicted molar refractivity (Wildman–Crippen MR) is 110 cm³/mol. The van der Waals surface area contributed by atoms with E-state index in [9.17, 15) is 4.79 Å². The van der Waals surface area contributed by atoms with Crippen LogP contribution < -0.4 is 5.32 Å². The number of benzene rings is 1. The first-order chi connectivity index (χ1) is 13.3. The standard InChI is InChI=1S/C20H20N4OS2/c25-20(24-8-6-17-16(13-24)7-9-26-17)12-22-18-10-21-11-19(23-18)27-14-15-4-2-1-3-5-15/h1-5,7,9-11H,6,8,12-14H2,(H,22,23). The second-order valence-electron chi connectivity index (χ2n) is 6.30. The number of amides is 1. The van der Waals surface area contributed by atoms with Gasteiger partial charge in [0, 0.05) is 23.7 Å². The fourth-order valence-electron chi connectivity index (χ4n) is 2.97. The normalized spacial score (nSPS) is 13.3. The van der Waals surface area contributed by atoms with E-state index in [1.165, 1.54) is 16.0 Å². The molecule has 3 aromatic rings. The van der Waals surface area contributed by atoms with Crippen LogP contribution in [-0.4, -0.2) is 33.9 Å². The van der Waals surface area contributed by atoms with Gasteiger partial charge in [0.1, 0.15) is 10.8 Å². The highest BCUT2D eigenvalue weighted by Gasteiger charge is 2.21. The van der Waals surface area contributed by atoms with Gasteiger partial charge in [0.2, 0.25) is 5.91 Å². The molecule has 2 aromatic heterocycles. The lowest BCUT2D eigenvalue weighted by molar-refractivity contribution is -0.130. The lowest BCUT2D eigenvalue weighted by atomic mass is 10.1. The summed E-state index contributed by atoms with van der Waals surface area (Å²) in [6, 6.07) is 12.4. The van der Waals surface area contributed by atoms with Gasteiger partial charge in [-0.3, -0.25) is 9.78 Å². The van der Waals surface area contributed by atoms with Crippen LogP contribution in [0, 0.1) is 0 Å². The number of aromatic nitrogens is 2. The summed E-state index contributed by atoms with van der Waals surface area (Å²) >= 11 is 3.42. The molecule has 0 atom stereocenters. The van der Waals surface area contributed by atoms with Crippen LogP contribution in [0.3, 0.4) is 0 Å². The Bertz CT molecular complexity index is 913. The Balaban J connectivity index is 1.30. The molecule has 0 bridgehead atoms. The van der Waals surface area contributed by atoms with Gasteiger partial charge in [0.25, 0.3) is 0 Å². The molecule has 1 amide bonds. The first kappa shape index (κ1) is 18.0. The zero-order chi connectivity index (χ0) is 18.5. The van der Waals surface area contributed by atoms with Gasteiger partial charge in [-0.15, -0.1) is 23.1 Å². The second kappa shape index (κ2) is 8.54. The van der Waals surface area contributed by atoms with Crippen molar-refractivity contribution in [3.8, 4) is 0 Å². The third-order valence-corrected chi connectivity index (χ3v) is 6.42. The van der Waals surface area contributed by atoms with Crippen LogP contribution in [0.2, 0.25) is 0 Å². The lowest BCUT2D eigenvalue weighted by Gasteiger charge is -2.27. The minimum absolute atomic E-state index is 0.0935. The third-order valence-electron chi connectivity index (χ3n) is 4.42. The molecule has 0 unspecified atom stereocenters. The fraction of sp³-hybridized carbons (Fsp3) is 0.250. The molecule has 1 aliphatic heterocycles. The van der Waals surface area contributed by atoms with Crippen LogP contribution in [0.25, 0.3) is 0 Å². The minimum atomic E-state index is 0.0935. The van der Waals surface area contributed by atoms with E-state index >= 15 is 0 Å². The van der Waals surface area contributed by atoms with Gasteiger partial charge < -0.3 is 10.2 Å². The predicted octanol–water partition coefficient (Wildman–Crippen LogP) is 3.83. The van der Waals surface area contributed by atoms with Gasteiger partial charge in [-0.2, -0.15) is 0 Å². The summed E-state index contributed by atoms with van der Waals surface area (Å²) in [7, 11) is 0. The summed E-state index contributed by atoms with van der Waals surface area (Å²) in [5, 5.41) is 6.07. The Morgan fingerprint density at radius 2 is 2.11 bits per heavy atom. The zero-order valence-electron chi connectivity index (χ0n) is 14.8. The summed E-state index contributed by atoms with van der Waals surface area (Å²) < 4.78 is 0. The van der Waals surface area contributed by atoms with E-state index < -0.39 is 0 Å². The fourth-order valence-corrected chi connectivity index (χ4v) is 4.67. The van der Waals surface area contributed by atoms with Crippen molar-refractivity contribution in [2.45, 2.75) is 23.7 Å². The van der Waals surface area contributed by atoms with Crippen LogP contribution in [0.1, 0.15) is 16.0 Å². The van der Waals surface area contributed by atoms with Crippen LogP contribution in [0.15, 0.2) is 59.2 Å². The van der Waals surface area contributed by atoms with E-state index in [4.69, 9.17) is 0 Å². The Morgan fingerprint density at radius 3 is 3.00 bits per heavy atom. The average molecular weight is 397 g/mol. The number of anilines is 1. The number of hydrogen-bond acceptors (Lipinski definition) is 6. The first-order valence-corrected chi connectivity index (χ1v) is 10.7. The Kier molecular flexibility index (Phi) is 5.69. The largest absolute Gasteiger partial charge is 0.360 e. The van der Waals surface area contributed by atoms with Gasteiger partial charge in [-0.1, -0.05) is 30.3 Å². The zero-order valence-corrected chi connectivity index (χ0v) is 16.4. The Hall–Kier alpha value is -2.38. The van der Waals surface area contributed by atoms with Gasteiger partial charge in [-0.05, 0) is 29.0 Å². The van der Waals surface area contributed by atoms with Crippen LogP contribution in [0.5, 0.6) is 0 Å². The summed E-state index contributed by atoms with van der Waals surface area (Å²) in [5.74, 6) is 1.57. The molecular formula is C20H20N4OS2. The number of thiophene rings is 1. The molecule has 7 heteroatoms. The van der Waals surface area contributed by atoms with E-state index in [1.54, 1.807) is 35.5 Å². The third kappa shape index (κ3) is 4.67. The molecule has 138 valence electrons. The van der Waals surface area contributed by atoms with Crippen molar-refractivity contribution in [1.82, 2.24) is 14.9 Å². The molecule has 0 radical (unpaired) electrons. The van der Waals surface area contributed by atoms with Crippen molar-refractivity contribution >= 4 is 34.8 Å². The smallest absolute Gasteiger partial charge is 0.242 e. The summed E-state index contributed by atoms with van der Waals surface area (Å²) in [6.45, 7) is 1.73. The number of carbonyl (C=O) groups excluding carboxylic acids is 1. The van der Waals surface area contributed by atoms with Crippen molar-refractivity contribution in [1.29, 1.82) is 0 Å². The van der Waals surface area contributed by atoms with Gasteiger partial charge in [0.05, 0.1) is 18.9 Å². The molecular weight excluding hydrogens is 376 g/mol. The van der Waals surface area contributed by atoms with Crippen molar-refractivity contribution in [2.75, 3.05) is 18.4 Å². The highest BCUT2D eigenvalue weighted by atomic mass is 32.2. The van der Waals surface area contributed by atoms with Gasteiger partial charge >= 0.3 is 0 Å². The molecule has 1 N–H and O–H groups in total. The van der Waals surface area contributed by atoms with E-state index in [1.807, 2.05) is 23.1 Å². The van der Waals surface area contributed by atoms with E-state index in [-0.39, 0.29) is 12.5 Å². The molecule has 0 saturated carbocycles. The molecule has 3 heterocycles. The highest BCUT2D eigenvalue weighted by molar-refractivity contribution is 7.98. The molecule has 1 aliphatic rings. The Labute approximate surface area is 166 Å². The number of nitrogens with zero attached hydrogens (tertiary/aromatic N) is 3. The number of fused-ring (bicyclic) bond motifs is 1. The summed E-state index contributed by atoms with van der Waals surface area (Å²) in [6.07, 6.45) is 4.36. The maximum atomic E-state index is 12.5. The topological polar surface area (TPSA) is 58.1 Å². The van der Waals surface area contributed by atoms with E-state index in [2.05, 4.69) is 38.9 Å². The van der Waals surface area contributed by atoms with Crippen molar-refractivity contribution in [3.05, 3.63) is 70.2 Å².